The van der Waals surface area contributed by atoms with Crippen LogP contribution in [0.2, 0.25) is 0 Å². The Bertz CT molecular complexity index is 974. The van der Waals surface area contributed by atoms with Gasteiger partial charge in [-0.25, -0.2) is 0 Å². The standard InChI is InChI=1S/C25H28F3N3O3/c26-25(27,28)34-22-8-6-20(7-9-22)24(33)29-16-23(32)31-15-12-21(17-31)30-13-10-19(11-14-30)18-4-2-1-3-5-18/h1-9,19,21H,10-17H2,(H,29,33). The number of rotatable bonds is 6. The van der Waals surface area contributed by atoms with Gasteiger partial charge in [0, 0.05) is 24.7 Å². The molecule has 182 valence electrons. The van der Waals surface area contributed by atoms with Gasteiger partial charge in [-0.15, -0.1) is 13.2 Å². The van der Waals surface area contributed by atoms with Gasteiger partial charge < -0.3 is 15.0 Å². The third kappa shape index (κ3) is 6.28. The van der Waals surface area contributed by atoms with Crippen LogP contribution >= 0.6 is 0 Å². The molecule has 34 heavy (non-hydrogen) atoms. The summed E-state index contributed by atoms with van der Waals surface area (Å²) in [5, 5.41) is 2.55. The van der Waals surface area contributed by atoms with Crippen molar-refractivity contribution in [2.45, 2.75) is 37.6 Å². The predicted octanol–water partition coefficient (Wildman–Crippen LogP) is 3.80. The summed E-state index contributed by atoms with van der Waals surface area (Å²) in [4.78, 5) is 29.1. The van der Waals surface area contributed by atoms with E-state index < -0.39 is 18.0 Å². The molecule has 2 amide bonds. The summed E-state index contributed by atoms with van der Waals surface area (Å²) in [7, 11) is 0. The van der Waals surface area contributed by atoms with Crippen molar-refractivity contribution in [1.82, 2.24) is 15.1 Å². The number of piperidine rings is 1. The van der Waals surface area contributed by atoms with E-state index in [0.29, 0.717) is 25.0 Å². The number of nitrogens with one attached hydrogen (secondary N) is 1. The number of nitrogens with zero attached hydrogens (tertiary/aromatic N) is 2. The second kappa shape index (κ2) is 10.5. The van der Waals surface area contributed by atoms with Crippen molar-refractivity contribution in [3.63, 3.8) is 0 Å². The lowest BCUT2D eigenvalue weighted by atomic mass is 9.89. The van der Waals surface area contributed by atoms with Crippen LogP contribution in [0.4, 0.5) is 13.2 Å². The van der Waals surface area contributed by atoms with E-state index in [2.05, 4.69) is 39.2 Å². The number of hydrogen-bond donors (Lipinski definition) is 1. The van der Waals surface area contributed by atoms with Crippen molar-refractivity contribution < 1.29 is 27.5 Å². The number of amides is 2. The number of ether oxygens (including phenoxy) is 1. The third-order valence-corrected chi connectivity index (χ3v) is 6.58. The number of carbonyl (C=O) groups excluding carboxylic acids is 2. The normalized spacial score (nSPS) is 19.7. The maximum atomic E-state index is 12.6. The summed E-state index contributed by atoms with van der Waals surface area (Å²) in [5.41, 5.74) is 1.55. The zero-order chi connectivity index (χ0) is 24.1. The van der Waals surface area contributed by atoms with Crippen LogP contribution in [0.5, 0.6) is 5.75 Å². The second-order valence-electron chi connectivity index (χ2n) is 8.76. The Balaban J connectivity index is 1.20. The lowest BCUT2D eigenvalue weighted by Crippen LogP contribution is -2.44. The van der Waals surface area contributed by atoms with Crippen LogP contribution in [0.15, 0.2) is 54.6 Å². The van der Waals surface area contributed by atoms with Crippen LogP contribution in [0.1, 0.15) is 41.1 Å². The molecule has 2 aliphatic heterocycles. The number of alkyl halides is 3. The summed E-state index contributed by atoms with van der Waals surface area (Å²) in [6.45, 7) is 3.17. The fourth-order valence-corrected chi connectivity index (χ4v) is 4.77. The van der Waals surface area contributed by atoms with Crippen molar-refractivity contribution >= 4 is 11.8 Å². The van der Waals surface area contributed by atoms with Gasteiger partial charge in [0.05, 0.1) is 6.54 Å². The number of carbonyl (C=O) groups is 2. The number of hydrogen-bond acceptors (Lipinski definition) is 4. The van der Waals surface area contributed by atoms with Crippen molar-refractivity contribution in [2.75, 3.05) is 32.7 Å². The molecule has 9 heteroatoms. The molecule has 0 radical (unpaired) electrons. The monoisotopic (exact) mass is 475 g/mol. The van der Waals surface area contributed by atoms with Gasteiger partial charge in [0.2, 0.25) is 5.91 Å². The Morgan fingerprint density at radius 1 is 0.941 bits per heavy atom. The highest BCUT2D eigenvalue weighted by molar-refractivity contribution is 5.96. The Hall–Kier alpha value is -3.07. The molecule has 0 aromatic heterocycles. The first-order chi connectivity index (χ1) is 16.3. The van der Waals surface area contributed by atoms with Crippen molar-refractivity contribution in [2.24, 2.45) is 0 Å². The van der Waals surface area contributed by atoms with E-state index in [4.69, 9.17) is 0 Å². The smallest absolute Gasteiger partial charge is 0.406 e. The number of benzene rings is 2. The topological polar surface area (TPSA) is 61.9 Å². The van der Waals surface area contributed by atoms with E-state index in [9.17, 15) is 22.8 Å². The molecule has 2 aromatic carbocycles. The van der Waals surface area contributed by atoms with Crippen LogP contribution in [0.3, 0.4) is 0 Å². The minimum atomic E-state index is -4.79. The molecule has 2 aliphatic rings. The Kier molecular flexibility index (Phi) is 7.41. The van der Waals surface area contributed by atoms with Crippen LogP contribution in [0.25, 0.3) is 0 Å². The van der Waals surface area contributed by atoms with Crippen LogP contribution in [-0.2, 0) is 4.79 Å². The molecule has 4 rings (SSSR count). The maximum absolute atomic E-state index is 12.6. The average molecular weight is 476 g/mol. The van der Waals surface area contributed by atoms with Gasteiger partial charge in [0.15, 0.2) is 0 Å². The molecule has 2 saturated heterocycles. The lowest BCUT2D eigenvalue weighted by Gasteiger charge is -2.36. The summed E-state index contributed by atoms with van der Waals surface area (Å²) in [5.74, 6) is -0.505. The zero-order valence-electron chi connectivity index (χ0n) is 18.8. The maximum Gasteiger partial charge on any atom is 0.573 e. The van der Waals surface area contributed by atoms with Gasteiger partial charge in [0.25, 0.3) is 5.91 Å². The molecule has 1 N–H and O–H groups in total. The first-order valence-electron chi connectivity index (χ1n) is 11.5. The highest BCUT2D eigenvalue weighted by atomic mass is 19.4. The van der Waals surface area contributed by atoms with Gasteiger partial charge in [-0.05, 0) is 68.1 Å². The Morgan fingerprint density at radius 3 is 2.26 bits per heavy atom. The molecule has 1 unspecified atom stereocenters. The molecule has 0 aliphatic carbocycles. The number of likely N-dealkylation sites (tertiary alicyclic amines) is 2. The van der Waals surface area contributed by atoms with Gasteiger partial charge >= 0.3 is 6.36 Å². The van der Waals surface area contributed by atoms with E-state index in [1.54, 1.807) is 4.90 Å². The van der Waals surface area contributed by atoms with Crippen LogP contribution in [-0.4, -0.2) is 66.7 Å². The van der Waals surface area contributed by atoms with Crippen molar-refractivity contribution in [1.29, 1.82) is 0 Å². The lowest BCUT2D eigenvalue weighted by molar-refractivity contribution is -0.274. The first-order valence-corrected chi connectivity index (χ1v) is 11.5. The van der Waals surface area contributed by atoms with Crippen LogP contribution in [0, 0.1) is 0 Å². The molecular formula is C25H28F3N3O3. The molecule has 0 spiro atoms. The number of halogens is 3. The SMILES string of the molecule is O=C(NCC(=O)N1CCC(N2CCC(c3ccccc3)CC2)C1)c1ccc(OC(F)(F)F)cc1. The van der Waals surface area contributed by atoms with E-state index >= 15 is 0 Å². The van der Waals surface area contributed by atoms with E-state index in [-0.39, 0.29) is 18.0 Å². The molecule has 2 aromatic rings. The Labute approximate surface area is 196 Å². The predicted molar refractivity (Wildman–Crippen MR) is 120 cm³/mol. The fraction of sp³-hybridized carbons (Fsp3) is 0.440. The third-order valence-electron chi connectivity index (χ3n) is 6.58. The van der Waals surface area contributed by atoms with Crippen LogP contribution < -0.4 is 10.1 Å². The molecule has 2 heterocycles. The van der Waals surface area contributed by atoms with Gasteiger partial charge in [-0.3, -0.25) is 14.5 Å². The highest BCUT2D eigenvalue weighted by Crippen LogP contribution is 2.30. The molecule has 2 fully saturated rings. The van der Waals surface area contributed by atoms with Gasteiger partial charge in [-0.1, -0.05) is 30.3 Å². The molecule has 1 atom stereocenters. The summed E-state index contributed by atoms with van der Waals surface area (Å²) in [6.07, 6.45) is -1.66. The van der Waals surface area contributed by atoms with E-state index in [1.165, 1.54) is 17.7 Å². The van der Waals surface area contributed by atoms with Gasteiger partial charge in [-0.2, -0.15) is 0 Å². The quantitative estimate of drug-likeness (QED) is 0.691. The summed E-state index contributed by atoms with van der Waals surface area (Å²) in [6, 6.07) is 15.5. The fourth-order valence-electron chi connectivity index (χ4n) is 4.77. The second-order valence-corrected chi connectivity index (χ2v) is 8.76. The van der Waals surface area contributed by atoms with Gasteiger partial charge in [0.1, 0.15) is 5.75 Å². The summed E-state index contributed by atoms with van der Waals surface area (Å²) < 4.78 is 40.5. The molecule has 0 saturated carbocycles. The molecule has 6 nitrogen and oxygen atoms in total. The summed E-state index contributed by atoms with van der Waals surface area (Å²) >= 11 is 0. The van der Waals surface area contributed by atoms with Crippen molar-refractivity contribution in [3.05, 3.63) is 65.7 Å². The van der Waals surface area contributed by atoms with E-state index in [0.717, 1.165) is 44.5 Å². The highest BCUT2D eigenvalue weighted by Gasteiger charge is 2.33. The minimum absolute atomic E-state index is 0.150. The average Bonchev–Trinajstić information content (AvgIpc) is 3.33. The first kappa shape index (κ1) is 24.1. The largest absolute Gasteiger partial charge is 0.573 e. The zero-order valence-corrected chi connectivity index (χ0v) is 18.8. The van der Waals surface area contributed by atoms with Crippen molar-refractivity contribution in [3.8, 4) is 5.75 Å². The molecule has 0 bridgehead atoms. The molecular weight excluding hydrogens is 447 g/mol. The Morgan fingerprint density at radius 2 is 1.62 bits per heavy atom. The minimum Gasteiger partial charge on any atom is -0.406 e. The van der Waals surface area contributed by atoms with E-state index in [1.807, 2.05) is 6.07 Å².